The van der Waals surface area contributed by atoms with E-state index in [1.54, 1.807) is 18.2 Å². The smallest absolute Gasteiger partial charge is 0.288 e. The lowest BCUT2D eigenvalue weighted by Gasteiger charge is -2.26. The molecule has 0 radical (unpaired) electrons. The van der Waals surface area contributed by atoms with E-state index in [0.29, 0.717) is 14.7 Å². The molecule has 2 aliphatic rings. The normalized spacial score (nSPS) is 17.4. The molecular formula is C15H10F3IN2O3. The van der Waals surface area contributed by atoms with Crippen LogP contribution in [0.2, 0.25) is 0 Å². The first-order valence-corrected chi connectivity index (χ1v) is 7.86. The van der Waals surface area contributed by atoms with Crippen molar-refractivity contribution in [3.8, 4) is 0 Å². The molecule has 0 spiro atoms. The first kappa shape index (κ1) is 17.0. The zero-order valence-corrected chi connectivity index (χ0v) is 14.1. The van der Waals surface area contributed by atoms with Gasteiger partial charge < -0.3 is 0 Å². The number of alkyl halides is 3. The topological polar surface area (TPSA) is 58.6 Å². The Morgan fingerprint density at radius 2 is 1.92 bits per heavy atom. The molecule has 0 saturated heterocycles. The number of rotatable bonds is 3. The van der Waals surface area contributed by atoms with Gasteiger partial charge in [0.05, 0.1) is 17.7 Å². The van der Waals surface area contributed by atoms with E-state index < -0.39 is 24.6 Å². The molecule has 9 heteroatoms. The van der Waals surface area contributed by atoms with Crippen LogP contribution in [0.25, 0.3) is 5.57 Å². The number of allylic oxidation sites excluding steroid dienone is 2. The van der Waals surface area contributed by atoms with Crippen LogP contribution >= 0.6 is 22.6 Å². The lowest BCUT2D eigenvalue weighted by atomic mass is 9.95. The number of hydroxylamine groups is 2. The third-order valence-corrected chi connectivity index (χ3v) is 4.00. The van der Waals surface area contributed by atoms with Crippen molar-refractivity contribution in [1.29, 1.82) is 0 Å². The number of carbonyl (C=O) groups excluding carboxylic acids is 2. The molecule has 0 fully saturated rings. The Hall–Kier alpha value is -1.88. The fraction of sp³-hybridized carbons (Fsp3) is 0.200. The van der Waals surface area contributed by atoms with E-state index in [2.05, 4.69) is 5.32 Å². The molecule has 5 nitrogen and oxygen atoms in total. The van der Waals surface area contributed by atoms with Crippen molar-refractivity contribution in [1.82, 2.24) is 10.4 Å². The van der Waals surface area contributed by atoms with Gasteiger partial charge in [-0.2, -0.15) is 13.2 Å². The molecule has 3 rings (SSSR count). The van der Waals surface area contributed by atoms with E-state index in [1.165, 1.54) is 12.3 Å². The Morgan fingerprint density at radius 1 is 1.21 bits per heavy atom. The third kappa shape index (κ3) is 3.46. The van der Waals surface area contributed by atoms with Crippen LogP contribution in [0.15, 0.2) is 34.1 Å². The van der Waals surface area contributed by atoms with Crippen molar-refractivity contribution < 1.29 is 27.6 Å². The number of carbonyl (C=O) groups is 2. The molecule has 2 aliphatic heterocycles. The highest BCUT2D eigenvalue weighted by atomic mass is 127. The lowest BCUT2D eigenvalue weighted by Crippen LogP contribution is -2.29. The zero-order valence-electron chi connectivity index (χ0n) is 12.0. The number of amides is 2. The summed E-state index contributed by atoms with van der Waals surface area (Å²) in [5, 5.41) is 3.28. The van der Waals surface area contributed by atoms with Crippen LogP contribution in [0.1, 0.15) is 26.3 Å². The summed E-state index contributed by atoms with van der Waals surface area (Å²) in [4.78, 5) is 28.5. The minimum absolute atomic E-state index is 0.0283. The predicted octanol–water partition coefficient (Wildman–Crippen LogP) is 3.04. The second kappa shape index (κ2) is 6.20. The van der Waals surface area contributed by atoms with Gasteiger partial charge >= 0.3 is 6.18 Å². The average molecular weight is 450 g/mol. The lowest BCUT2D eigenvalue weighted by molar-refractivity contribution is -0.233. The fourth-order valence-electron chi connectivity index (χ4n) is 2.49. The van der Waals surface area contributed by atoms with Crippen molar-refractivity contribution in [2.24, 2.45) is 0 Å². The van der Waals surface area contributed by atoms with Gasteiger partial charge in [0.15, 0.2) is 6.61 Å². The molecule has 0 aliphatic carbocycles. The molecule has 1 N–H and O–H groups in total. The van der Waals surface area contributed by atoms with Gasteiger partial charge in [-0.1, -0.05) is 12.1 Å². The Bertz CT molecular complexity index is 787. The number of fused-ring (bicyclic) bond motifs is 1. The number of hydrogen-bond acceptors (Lipinski definition) is 4. The van der Waals surface area contributed by atoms with Crippen LogP contribution in [0, 0.1) is 0 Å². The average Bonchev–Trinajstić information content (AvgIpc) is 2.79. The molecule has 126 valence electrons. The van der Waals surface area contributed by atoms with Gasteiger partial charge in [0.2, 0.25) is 0 Å². The summed E-state index contributed by atoms with van der Waals surface area (Å²) in [6, 6.07) is 4.81. The van der Waals surface area contributed by atoms with Crippen LogP contribution in [0.3, 0.4) is 0 Å². The molecule has 2 amide bonds. The van der Waals surface area contributed by atoms with Gasteiger partial charge in [-0.05, 0) is 45.9 Å². The standard InChI is InChI=1S/C15H10F3IN2O3/c16-15(17,18)7-24-21-5-8(4-9(19)6-21)10-2-1-3-11-12(10)14(23)20-13(11)22/h1-4,6H,5,7H2,(H,20,22,23). The number of imide groups is 1. The zero-order chi connectivity index (χ0) is 17.5. The molecular weight excluding hydrogens is 440 g/mol. The summed E-state index contributed by atoms with van der Waals surface area (Å²) in [6.07, 6.45) is -1.27. The van der Waals surface area contributed by atoms with Gasteiger partial charge in [-0.25, -0.2) is 0 Å². The summed E-state index contributed by atoms with van der Waals surface area (Å²) >= 11 is 1.95. The highest BCUT2D eigenvalue weighted by Crippen LogP contribution is 2.31. The quantitative estimate of drug-likeness (QED) is 0.569. The molecule has 0 unspecified atom stereocenters. The van der Waals surface area contributed by atoms with Crippen LogP contribution in [0.4, 0.5) is 13.2 Å². The molecule has 0 bridgehead atoms. The fourth-order valence-corrected chi connectivity index (χ4v) is 3.18. The molecule has 2 heterocycles. The van der Waals surface area contributed by atoms with Gasteiger partial charge in [-0.15, -0.1) is 0 Å². The maximum absolute atomic E-state index is 12.3. The van der Waals surface area contributed by atoms with Crippen molar-refractivity contribution in [2.75, 3.05) is 13.2 Å². The SMILES string of the molecule is O=C1NC(=O)c2c1cccc2C1=CC(I)=CN(OCC(F)(F)F)C1. The van der Waals surface area contributed by atoms with E-state index in [4.69, 9.17) is 4.84 Å². The van der Waals surface area contributed by atoms with Gasteiger partial charge in [0.1, 0.15) is 0 Å². The van der Waals surface area contributed by atoms with E-state index in [1.807, 2.05) is 22.6 Å². The Kier molecular flexibility index (Phi) is 4.38. The van der Waals surface area contributed by atoms with Gasteiger partial charge in [-0.3, -0.25) is 24.8 Å². The Morgan fingerprint density at radius 3 is 2.62 bits per heavy atom. The van der Waals surface area contributed by atoms with E-state index >= 15 is 0 Å². The first-order valence-electron chi connectivity index (χ1n) is 6.78. The number of nitrogens with one attached hydrogen (secondary N) is 1. The number of halogens is 4. The Labute approximate surface area is 148 Å². The molecule has 0 atom stereocenters. The van der Waals surface area contributed by atoms with Crippen LogP contribution < -0.4 is 5.32 Å². The minimum atomic E-state index is -4.44. The second-order valence-electron chi connectivity index (χ2n) is 5.16. The molecule has 1 aromatic rings. The van der Waals surface area contributed by atoms with Crippen molar-refractivity contribution in [3.05, 3.63) is 50.7 Å². The van der Waals surface area contributed by atoms with E-state index in [0.717, 1.165) is 5.06 Å². The van der Waals surface area contributed by atoms with Gasteiger partial charge in [0, 0.05) is 9.78 Å². The summed E-state index contributed by atoms with van der Waals surface area (Å²) in [7, 11) is 0. The minimum Gasteiger partial charge on any atom is -0.288 e. The van der Waals surface area contributed by atoms with Crippen LogP contribution in [-0.2, 0) is 4.84 Å². The largest absolute Gasteiger partial charge is 0.414 e. The third-order valence-electron chi connectivity index (χ3n) is 3.41. The molecule has 1 aromatic carbocycles. The number of nitrogens with zero attached hydrogens (tertiary/aromatic N) is 1. The highest BCUT2D eigenvalue weighted by Gasteiger charge is 2.32. The second-order valence-corrected chi connectivity index (χ2v) is 6.40. The number of benzene rings is 1. The van der Waals surface area contributed by atoms with Crippen LogP contribution in [0.5, 0.6) is 0 Å². The van der Waals surface area contributed by atoms with E-state index in [9.17, 15) is 22.8 Å². The van der Waals surface area contributed by atoms with Gasteiger partial charge in [0.25, 0.3) is 11.8 Å². The summed E-state index contributed by atoms with van der Waals surface area (Å²) < 4.78 is 37.6. The summed E-state index contributed by atoms with van der Waals surface area (Å²) in [6.45, 7) is -1.38. The van der Waals surface area contributed by atoms with Crippen LogP contribution in [-0.4, -0.2) is 36.2 Å². The maximum Gasteiger partial charge on any atom is 0.414 e. The number of hydrogen-bond donors (Lipinski definition) is 1. The predicted molar refractivity (Wildman–Crippen MR) is 87.0 cm³/mol. The summed E-state index contributed by atoms with van der Waals surface area (Å²) in [5.74, 6) is -0.998. The molecule has 0 aromatic heterocycles. The first-order chi connectivity index (χ1) is 11.2. The van der Waals surface area contributed by atoms with Crippen molar-refractivity contribution >= 4 is 40.0 Å². The monoisotopic (exact) mass is 450 g/mol. The van der Waals surface area contributed by atoms with Crippen molar-refractivity contribution in [3.63, 3.8) is 0 Å². The van der Waals surface area contributed by atoms with E-state index in [-0.39, 0.29) is 17.7 Å². The molecule has 0 saturated carbocycles. The highest BCUT2D eigenvalue weighted by molar-refractivity contribution is 14.1. The van der Waals surface area contributed by atoms with Crippen molar-refractivity contribution in [2.45, 2.75) is 6.18 Å². The summed E-state index contributed by atoms with van der Waals surface area (Å²) in [5.41, 5.74) is 1.57. The maximum atomic E-state index is 12.3. The molecule has 24 heavy (non-hydrogen) atoms. The Balaban J connectivity index is 1.90.